The van der Waals surface area contributed by atoms with Gasteiger partial charge < -0.3 is 10.6 Å². The number of piperidine rings is 1. The third kappa shape index (κ3) is 3.45. The third-order valence-electron chi connectivity index (χ3n) is 5.22. The summed E-state index contributed by atoms with van der Waals surface area (Å²) >= 11 is 0. The van der Waals surface area contributed by atoms with E-state index in [-0.39, 0.29) is 0 Å². The van der Waals surface area contributed by atoms with Crippen LogP contribution in [0.3, 0.4) is 0 Å². The molecule has 0 spiro atoms. The second-order valence-electron chi connectivity index (χ2n) is 6.40. The van der Waals surface area contributed by atoms with Gasteiger partial charge >= 0.3 is 0 Å². The zero-order valence-corrected chi connectivity index (χ0v) is 11.7. The lowest BCUT2D eigenvalue weighted by Crippen LogP contribution is -2.48. The highest BCUT2D eigenvalue weighted by atomic mass is 15.1. The molecule has 0 aromatic rings. The minimum Gasteiger partial charge on any atom is -0.326 e. The number of likely N-dealkylation sites (tertiary alicyclic amines) is 1. The number of nitrogens with zero attached hydrogens (tertiary/aromatic N) is 1. The predicted octanol–water partition coefficient (Wildman–Crippen LogP) is 2.87. The zero-order chi connectivity index (χ0) is 12.3. The average molecular weight is 238 g/mol. The number of rotatable bonds is 4. The Morgan fingerprint density at radius 3 is 2.59 bits per heavy atom. The Hall–Kier alpha value is -0.0800. The van der Waals surface area contributed by atoms with Crippen LogP contribution in [0, 0.1) is 17.8 Å². The average Bonchev–Trinajstić information content (AvgIpc) is 2.37. The predicted molar refractivity (Wildman–Crippen MR) is 73.9 cm³/mol. The lowest BCUT2D eigenvalue weighted by Gasteiger charge is -2.42. The topological polar surface area (TPSA) is 29.3 Å². The molecule has 0 unspecified atom stereocenters. The largest absolute Gasteiger partial charge is 0.326 e. The highest BCUT2D eigenvalue weighted by Crippen LogP contribution is 2.36. The summed E-state index contributed by atoms with van der Waals surface area (Å²) < 4.78 is 0. The van der Waals surface area contributed by atoms with Crippen LogP contribution in [0.5, 0.6) is 0 Å². The van der Waals surface area contributed by atoms with Gasteiger partial charge in [0.1, 0.15) is 0 Å². The maximum atomic E-state index is 6.28. The Labute approximate surface area is 107 Å². The molecule has 1 heterocycles. The SMILES string of the molecule is CC[C@H](C)[C@H](N)CN1CC[C@@H]2CCCC[C@H]2C1. The molecular weight excluding hydrogens is 208 g/mol. The Bertz CT molecular complexity index is 227. The molecule has 1 aliphatic heterocycles. The summed E-state index contributed by atoms with van der Waals surface area (Å²) in [5, 5.41) is 0. The van der Waals surface area contributed by atoms with Crippen molar-refractivity contribution in [3.63, 3.8) is 0 Å². The first-order valence-corrected chi connectivity index (χ1v) is 7.68. The molecule has 0 amide bonds. The van der Waals surface area contributed by atoms with E-state index in [0.717, 1.165) is 18.4 Å². The van der Waals surface area contributed by atoms with Gasteiger partial charge in [0.25, 0.3) is 0 Å². The van der Waals surface area contributed by atoms with Crippen molar-refractivity contribution in [3.05, 3.63) is 0 Å². The van der Waals surface area contributed by atoms with Gasteiger partial charge in [-0.2, -0.15) is 0 Å². The molecule has 2 rings (SSSR count). The molecule has 0 radical (unpaired) electrons. The summed E-state index contributed by atoms with van der Waals surface area (Å²) in [4.78, 5) is 2.64. The summed E-state index contributed by atoms with van der Waals surface area (Å²) in [5.74, 6) is 2.69. The fraction of sp³-hybridized carbons (Fsp3) is 1.00. The number of fused-ring (bicyclic) bond motifs is 1. The molecule has 17 heavy (non-hydrogen) atoms. The lowest BCUT2D eigenvalue weighted by atomic mass is 9.75. The van der Waals surface area contributed by atoms with E-state index in [1.54, 1.807) is 0 Å². The van der Waals surface area contributed by atoms with Crippen molar-refractivity contribution in [1.82, 2.24) is 4.90 Å². The van der Waals surface area contributed by atoms with E-state index in [9.17, 15) is 0 Å². The molecule has 1 saturated carbocycles. The van der Waals surface area contributed by atoms with Crippen molar-refractivity contribution >= 4 is 0 Å². The molecule has 0 bridgehead atoms. The molecule has 4 atom stereocenters. The lowest BCUT2D eigenvalue weighted by molar-refractivity contribution is 0.0785. The van der Waals surface area contributed by atoms with Crippen molar-refractivity contribution < 1.29 is 0 Å². The van der Waals surface area contributed by atoms with E-state index < -0.39 is 0 Å². The summed E-state index contributed by atoms with van der Waals surface area (Å²) in [7, 11) is 0. The second-order valence-corrected chi connectivity index (χ2v) is 6.40. The van der Waals surface area contributed by atoms with Crippen molar-refractivity contribution in [2.75, 3.05) is 19.6 Å². The molecule has 2 nitrogen and oxygen atoms in total. The number of nitrogens with two attached hydrogens (primary N) is 1. The van der Waals surface area contributed by atoms with E-state index in [4.69, 9.17) is 5.73 Å². The van der Waals surface area contributed by atoms with Gasteiger partial charge in [-0.05, 0) is 37.1 Å². The van der Waals surface area contributed by atoms with Gasteiger partial charge in [0.15, 0.2) is 0 Å². The fourth-order valence-electron chi connectivity index (χ4n) is 3.62. The van der Waals surface area contributed by atoms with Gasteiger partial charge in [-0.15, -0.1) is 0 Å². The van der Waals surface area contributed by atoms with Gasteiger partial charge in [-0.3, -0.25) is 0 Å². The second kappa shape index (κ2) is 6.19. The molecule has 1 saturated heterocycles. The fourth-order valence-corrected chi connectivity index (χ4v) is 3.62. The van der Waals surface area contributed by atoms with Crippen molar-refractivity contribution in [2.45, 2.75) is 58.4 Å². The maximum Gasteiger partial charge on any atom is 0.0193 e. The molecule has 0 aromatic carbocycles. The maximum absolute atomic E-state index is 6.28. The van der Waals surface area contributed by atoms with E-state index in [2.05, 4.69) is 18.7 Å². The van der Waals surface area contributed by atoms with Crippen LogP contribution < -0.4 is 5.73 Å². The van der Waals surface area contributed by atoms with Crippen molar-refractivity contribution in [3.8, 4) is 0 Å². The molecule has 2 fully saturated rings. The Kier molecular flexibility index (Phi) is 4.87. The minimum absolute atomic E-state index is 0.375. The zero-order valence-electron chi connectivity index (χ0n) is 11.7. The quantitative estimate of drug-likeness (QED) is 0.816. The van der Waals surface area contributed by atoms with Crippen LogP contribution >= 0.6 is 0 Å². The Morgan fingerprint density at radius 1 is 1.18 bits per heavy atom. The van der Waals surface area contributed by atoms with Crippen LogP contribution in [-0.4, -0.2) is 30.6 Å². The van der Waals surface area contributed by atoms with Gasteiger partial charge in [-0.1, -0.05) is 39.5 Å². The summed E-state index contributed by atoms with van der Waals surface area (Å²) in [6.07, 6.45) is 8.55. The molecule has 1 aliphatic carbocycles. The number of hydrogen-bond acceptors (Lipinski definition) is 2. The monoisotopic (exact) mass is 238 g/mol. The van der Waals surface area contributed by atoms with Crippen molar-refractivity contribution in [2.24, 2.45) is 23.5 Å². The molecule has 2 N–H and O–H groups in total. The Balaban J connectivity index is 1.79. The van der Waals surface area contributed by atoms with E-state index in [1.165, 1.54) is 51.6 Å². The van der Waals surface area contributed by atoms with Gasteiger partial charge in [0, 0.05) is 19.1 Å². The molecule has 2 heteroatoms. The first-order chi connectivity index (χ1) is 8.20. The van der Waals surface area contributed by atoms with Crippen LogP contribution in [0.4, 0.5) is 0 Å². The standard InChI is InChI=1S/C15H30N2/c1-3-12(2)15(16)11-17-9-8-13-6-4-5-7-14(13)10-17/h12-15H,3-11,16H2,1-2H3/t12-,13-,14-,15+/m0/s1. The third-order valence-corrected chi connectivity index (χ3v) is 5.22. The van der Waals surface area contributed by atoms with Crippen LogP contribution in [-0.2, 0) is 0 Å². The highest BCUT2D eigenvalue weighted by Gasteiger charge is 2.31. The van der Waals surface area contributed by atoms with E-state index >= 15 is 0 Å². The van der Waals surface area contributed by atoms with E-state index in [1.807, 2.05) is 0 Å². The molecular formula is C15H30N2. The van der Waals surface area contributed by atoms with E-state index in [0.29, 0.717) is 12.0 Å². The van der Waals surface area contributed by atoms with Crippen LogP contribution in [0.2, 0.25) is 0 Å². The highest BCUT2D eigenvalue weighted by molar-refractivity contribution is 4.85. The molecule has 100 valence electrons. The van der Waals surface area contributed by atoms with Crippen LogP contribution in [0.25, 0.3) is 0 Å². The first-order valence-electron chi connectivity index (χ1n) is 7.68. The molecule has 0 aromatic heterocycles. The van der Waals surface area contributed by atoms with Gasteiger partial charge in [0.05, 0.1) is 0 Å². The van der Waals surface area contributed by atoms with Gasteiger partial charge in [0.2, 0.25) is 0 Å². The summed E-state index contributed by atoms with van der Waals surface area (Å²) in [6, 6.07) is 0.375. The van der Waals surface area contributed by atoms with Crippen LogP contribution in [0.15, 0.2) is 0 Å². The molecule has 2 aliphatic rings. The number of hydrogen-bond donors (Lipinski definition) is 1. The smallest absolute Gasteiger partial charge is 0.0193 e. The van der Waals surface area contributed by atoms with Gasteiger partial charge in [-0.25, -0.2) is 0 Å². The Morgan fingerprint density at radius 2 is 1.88 bits per heavy atom. The normalized spacial score (nSPS) is 34.1. The summed E-state index contributed by atoms with van der Waals surface area (Å²) in [5.41, 5.74) is 6.28. The first kappa shape index (κ1) is 13.4. The van der Waals surface area contributed by atoms with Crippen LogP contribution in [0.1, 0.15) is 52.4 Å². The minimum atomic E-state index is 0.375. The van der Waals surface area contributed by atoms with Crippen molar-refractivity contribution in [1.29, 1.82) is 0 Å². The summed E-state index contributed by atoms with van der Waals surface area (Å²) in [6.45, 7) is 8.29.